The topological polar surface area (TPSA) is 90.0 Å². The van der Waals surface area contributed by atoms with Gasteiger partial charge in [-0.1, -0.05) is 6.92 Å². The molecule has 0 radical (unpaired) electrons. The van der Waals surface area contributed by atoms with Gasteiger partial charge in [-0.25, -0.2) is 4.79 Å². The van der Waals surface area contributed by atoms with Crippen LogP contribution in [-0.4, -0.2) is 65.0 Å². The van der Waals surface area contributed by atoms with Gasteiger partial charge in [0.25, 0.3) is 5.91 Å². The van der Waals surface area contributed by atoms with Gasteiger partial charge < -0.3 is 15.3 Å². The number of imide groups is 1. The fourth-order valence-electron chi connectivity index (χ4n) is 2.13. The molecule has 2 rings (SSSR count). The number of amides is 4. The van der Waals surface area contributed by atoms with E-state index in [1.54, 1.807) is 0 Å². The number of carbonyl (C=O) groups excluding carboxylic acids is 3. The fraction of sp³-hybridized carbons (Fsp3) is 0.727. The Morgan fingerprint density at radius 2 is 2.22 bits per heavy atom. The van der Waals surface area contributed by atoms with E-state index < -0.39 is 12.1 Å². The molecule has 2 saturated heterocycles. The standard InChI is InChI=1S/C11H17N3O4/c1-7-2-3-13(5-8(7)15)10(17)6-14-9(16)4-12-11(14)18/h7-8,15H,2-6H2,1H3,(H,12,18). The molecule has 2 aliphatic rings. The summed E-state index contributed by atoms with van der Waals surface area (Å²) in [6, 6.07) is -0.528. The van der Waals surface area contributed by atoms with Gasteiger partial charge in [-0.05, 0) is 12.3 Å². The highest BCUT2D eigenvalue weighted by molar-refractivity contribution is 6.04. The third kappa shape index (κ3) is 2.45. The zero-order chi connectivity index (χ0) is 13.3. The number of likely N-dealkylation sites (tertiary alicyclic amines) is 1. The molecule has 2 unspecified atom stereocenters. The number of hydrogen-bond donors (Lipinski definition) is 2. The van der Waals surface area contributed by atoms with Crippen molar-refractivity contribution in [3.63, 3.8) is 0 Å². The summed E-state index contributed by atoms with van der Waals surface area (Å²) in [5.74, 6) is -0.517. The van der Waals surface area contributed by atoms with Crippen LogP contribution in [-0.2, 0) is 9.59 Å². The molecule has 100 valence electrons. The van der Waals surface area contributed by atoms with Gasteiger partial charge >= 0.3 is 6.03 Å². The Hall–Kier alpha value is -1.63. The molecule has 0 aromatic rings. The Bertz CT molecular complexity index is 368. The van der Waals surface area contributed by atoms with Crippen molar-refractivity contribution >= 4 is 17.8 Å². The maximum atomic E-state index is 11.9. The van der Waals surface area contributed by atoms with Gasteiger partial charge in [0.1, 0.15) is 6.54 Å². The van der Waals surface area contributed by atoms with Crippen molar-refractivity contribution in [2.24, 2.45) is 5.92 Å². The van der Waals surface area contributed by atoms with E-state index >= 15 is 0 Å². The zero-order valence-electron chi connectivity index (χ0n) is 10.3. The number of carbonyl (C=O) groups is 3. The summed E-state index contributed by atoms with van der Waals surface area (Å²) in [5.41, 5.74) is 0. The van der Waals surface area contributed by atoms with Crippen molar-refractivity contribution in [2.45, 2.75) is 19.4 Å². The molecular formula is C11H17N3O4. The molecule has 18 heavy (non-hydrogen) atoms. The highest BCUT2D eigenvalue weighted by atomic mass is 16.3. The second-order valence-corrected chi connectivity index (χ2v) is 4.81. The minimum atomic E-state index is -0.536. The molecule has 2 atom stereocenters. The van der Waals surface area contributed by atoms with Gasteiger partial charge in [0.05, 0.1) is 12.6 Å². The minimum absolute atomic E-state index is 0.0498. The van der Waals surface area contributed by atoms with E-state index in [1.807, 2.05) is 6.92 Å². The van der Waals surface area contributed by atoms with E-state index in [1.165, 1.54) is 4.90 Å². The van der Waals surface area contributed by atoms with Gasteiger partial charge in [-0.3, -0.25) is 14.5 Å². The number of urea groups is 1. The number of aliphatic hydroxyl groups excluding tert-OH is 1. The van der Waals surface area contributed by atoms with Crippen molar-refractivity contribution in [3.8, 4) is 0 Å². The molecule has 7 nitrogen and oxygen atoms in total. The van der Waals surface area contributed by atoms with Gasteiger partial charge in [0.15, 0.2) is 0 Å². The van der Waals surface area contributed by atoms with Gasteiger partial charge in [0.2, 0.25) is 5.91 Å². The number of rotatable bonds is 2. The number of β-amino-alcohol motifs (C(OH)–C–C–N with tert-alkyl or cyclic N) is 1. The molecule has 2 heterocycles. The average molecular weight is 255 g/mol. The van der Waals surface area contributed by atoms with E-state index in [2.05, 4.69) is 5.32 Å². The molecule has 0 spiro atoms. The summed E-state index contributed by atoms with van der Waals surface area (Å²) in [5, 5.41) is 12.1. The monoisotopic (exact) mass is 255 g/mol. The van der Waals surface area contributed by atoms with Crippen LogP contribution in [0.5, 0.6) is 0 Å². The van der Waals surface area contributed by atoms with Crippen molar-refractivity contribution in [3.05, 3.63) is 0 Å². The first-order valence-corrected chi connectivity index (χ1v) is 6.03. The summed E-state index contributed by atoms with van der Waals surface area (Å²) in [6.45, 7) is 2.46. The van der Waals surface area contributed by atoms with E-state index in [0.29, 0.717) is 6.54 Å². The predicted octanol–water partition coefficient (Wildman–Crippen LogP) is -1.23. The molecular weight excluding hydrogens is 238 g/mol. The molecule has 0 saturated carbocycles. The number of nitrogens with one attached hydrogen (secondary N) is 1. The zero-order valence-corrected chi connectivity index (χ0v) is 10.3. The summed E-state index contributed by atoms with van der Waals surface area (Å²) in [7, 11) is 0. The maximum absolute atomic E-state index is 11.9. The molecule has 0 aliphatic carbocycles. The van der Waals surface area contributed by atoms with Crippen LogP contribution in [0.25, 0.3) is 0 Å². The van der Waals surface area contributed by atoms with E-state index in [4.69, 9.17) is 0 Å². The largest absolute Gasteiger partial charge is 0.391 e. The lowest BCUT2D eigenvalue weighted by Crippen LogP contribution is -2.50. The van der Waals surface area contributed by atoms with Crippen LogP contribution in [0.15, 0.2) is 0 Å². The Labute approximate surface area is 105 Å². The average Bonchev–Trinajstić information content (AvgIpc) is 2.64. The van der Waals surface area contributed by atoms with Crippen LogP contribution in [0.1, 0.15) is 13.3 Å². The number of nitrogens with zero attached hydrogens (tertiary/aromatic N) is 2. The second-order valence-electron chi connectivity index (χ2n) is 4.81. The summed E-state index contributed by atoms with van der Waals surface area (Å²) < 4.78 is 0. The third-order valence-corrected chi connectivity index (χ3v) is 3.50. The van der Waals surface area contributed by atoms with Crippen molar-refractivity contribution < 1.29 is 19.5 Å². The lowest BCUT2D eigenvalue weighted by Gasteiger charge is -2.34. The van der Waals surface area contributed by atoms with Crippen LogP contribution in [0.3, 0.4) is 0 Å². The van der Waals surface area contributed by atoms with Crippen LogP contribution in [0.2, 0.25) is 0 Å². The maximum Gasteiger partial charge on any atom is 0.325 e. The van der Waals surface area contributed by atoms with Crippen molar-refractivity contribution in [1.82, 2.24) is 15.1 Å². The third-order valence-electron chi connectivity index (χ3n) is 3.50. The van der Waals surface area contributed by atoms with E-state index in [0.717, 1.165) is 11.3 Å². The molecule has 2 N–H and O–H groups in total. The molecule has 2 aliphatic heterocycles. The van der Waals surface area contributed by atoms with Crippen LogP contribution in [0, 0.1) is 5.92 Å². The summed E-state index contributed by atoms with van der Waals surface area (Å²) in [4.78, 5) is 37.0. The quantitative estimate of drug-likeness (QED) is 0.604. The lowest BCUT2D eigenvalue weighted by molar-refractivity contribution is -0.139. The van der Waals surface area contributed by atoms with Gasteiger partial charge in [-0.2, -0.15) is 0 Å². The first kappa shape index (κ1) is 12.8. The number of piperidine rings is 1. The molecule has 0 aromatic carbocycles. The minimum Gasteiger partial charge on any atom is -0.391 e. The normalized spacial score (nSPS) is 28.6. The van der Waals surface area contributed by atoms with Crippen molar-refractivity contribution in [2.75, 3.05) is 26.2 Å². The first-order valence-electron chi connectivity index (χ1n) is 6.03. The van der Waals surface area contributed by atoms with Gasteiger partial charge in [0, 0.05) is 13.1 Å². The lowest BCUT2D eigenvalue weighted by atomic mass is 9.96. The Morgan fingerprint density at radius 1 is 1.50 bits per heavy atom. The summed E-state index contributed by atoms with van der Waals surface area (Å²) >= 11 is 0. The Balaban J connectivity index is 1.92. The second kappa shape index (κ2) is 4.93. The molecule has 4 amide bonds. The number of aliphatic hydroxyl groups is 1. The van der Waals surface area contributed by atoms with E-state index in [9.17, 15) is 19.5 Å². The molecule has 0 bridgehead atoms. The fourth-order valence-corrected chi connectivity index (χ4v) is 2.13. The van der Waals surface area contributed by atoms with Crippen molar-refractivity contribution in [1.29, 1.82) is 0 Å². The molecule has 0 aromatic heterocycles. The highest BCUT2D eigenvalue weighted by Gasteiger charge is 2.33. The predicted molar refractivity (Wildman–Crippen MR) is 61.5 cm³/mol. The molecule has 7 heteroatoms. The Morgan fingerprint density at radius 3 is 2.78 bits per heavy atom. The van der Waals surface area contributed by atoms with Crippen LogP contribution >= 0.6 is 0 Å². The van der Waals surface area contributed by atoms with Crippen LogP contribution in [0.4, 0.5) is 4.79 Å². The summed E-state index contributed by atoms with van der Waals surface area (Å²) in [6.07, 6.45) is 0.193. The number of hydrogen-bond acceptors (Lipinski definition) is 4. The SMILES string of the molecule is CC1CCN(C(=O)CN2C(=O)CNC2=O)CC1O. The first-order chi connectivity index (χ1) is 8.49. The Kier molecular flexibility index (Phi) is 3.51. The highest BCUT2D eigenvalue weighted by Crippen LogP contribution is 2.17. The molecule has 2 fully saturated rings. The van der Waals surface area contributed by atoms with Crippen LogP contribution < -0.4 is 5.32 Å². The van der Waals surface area contributed by atoms with Gasteiger partial charge in [-0.15, -0.1) is 0 Å². The van der Waals surface area contributed by atoms with E-state index in [-0.39, 0.29) is 37.4 Å². The smallest absolute Gasteiger partial charge is 0.325 e.